The Balaban J connectivity index is 2.63. The molecule has 2 unspecified atom stereocenters. The molecule has 0 aromatic carbocycles. The van der Waals surface area contributed by atoms with Crippen molar-refractivity contribution in [2.24, 2.45) is 23.0 Å². The van der Waals surface area contributed by atoms with Gasteiger partial charge in [0.1, 0.15) is 0 Å². The van der Waals surface area contributed by atoms with Gasteiger partial charge in [-0.1, -0.05) is 20.8 Å². The number of hydrogen-bond acceptors (Lipinski definition) is 3. The van der Waals surface area contributed by atoms with Crippen LogP contribution < -0.4 is 5.73 Å². The standard InChI is InChI=1S/C13H28N2O2S/c1-13(2,3)12(9-14)8-11-6-5-7-15(10-11)18(4,16)17/h11-12H,5-10,14H2,1-4H3. The van der Waals surface area contributed by atoms with Crippen LogP contribution in [0.5, 0.6) is 0 Å². The predicted molar refractivity (Wildman–Crippen MR) is 75.8 cm³/mol. The molecular formula is C13H28N2O2S. The smallest absolute Gasteiger partial charge is 0.211 e. The fourth-order valence-electron chi connectivity index (χ4n) is 2.73. The van der Waals surface area contributed by atoms with E-state index in [9.17, 15) is 8.42 Å². The number of nitrogens with zero attached hydrogens (tertiary/aromatic N) is 1. The molecule has 0 bridgehead atoms. The molecule has 0 spiro atoms. The first-order valence-corrected chi connectivity index (χ1v) is 8.64. The third-order valence-electron chi connectivity index (χ3n) is 4.08. The summed E-state index contributed by atoms with van der Waals surface area (Å²) in [6, 6.07) is 0. The van der Waals surface area contributed by atoms with E-state index in [-0.39, 0.29) is 5.41 Å². The van der Waals surface area contributed by atoms with Gasteiger partial charge in [0.05, 0.1) is 6.26 Å². The summed E-state index contributed by atoms with van der Waals surface area (Å²) in [5.74, 6) is 0.920. The molecule has 2 N–H and O–H groups in total. The zero-order chi connectivity index (χ0) is 14.0. The summed E-state index contributed by atoms with van der Waals surface area (Å²) >= 11 is 0. The van der Waals surface area contributed by atoms with Crippen molar-refractivity contribution in [1.29, 1.82) is 0 Å². The average Bonchev–Trinajstić information content (AvgIpc) is 2.23. The van der Waals surface area contributed by atoms with Crippen molar-refractivity contribution in [3.63, 3.8) is 0 Å². The van der Waals surface area contributed by atoms with Crippen LogP contribution in [0.2, 0.25) is 0 Å². The van der Waals surface area contributed by atoms with Gasteiger partial charge in [-0.15, -0.1) is 0 Å². The van der Waals surface area contributed by atoms with E-state index in [0.29, 0.717) is 31.5 Å². The molecule has 4 nitrogen and oxygen atoms in total. The molecule has 1 fully saturated rings. The maximum absolute atomic E-state index is 11.6. The second kappa shape index (κ2) is 5.88. The van der Waals surface area contributed by atoms with E-state index in [0.717, 1.165) is 19.3 Å². The van der Waals surface area contributed by atoms with E-state index in [4.69, 9.17) is 5.73 Å². The van der Waals surface area contributed by atoms with Crippen LogP contribution in [-0.4, -0.2) is 38.6 Å². The molecular weight excluding hydrogens is 248 g/mol. The zero-order valence-corrected chi connectivity index (χ0v) is 13.0. The average molecular weight is 276 g/mol. The predicted octanol–water partition coefficient (Wildman–Crippen LogP) is 1.67. The third kappa shape index (κ3) is 4.52. The lowest BCUT2D eigenvalue weighted by atomic mass is 9.74. The molecule has 0 aliphatic carbocycles. The Labute approximate surface area is 112 Å². The van der Waals surface area contributed by atoms with Gasteiger partial charge < -0.3 is 5.73 Å². The maximum Gasteiger partial charge on any atom is 0.211 e. The van der Waals surface area contributed by atoms with Gasteiger partial charge >= 0.3 is 0 Å². The summed E-state index contributed by atoms with van der Waals surface area (Å²) in [5, 5.41) is 0. The number of nitrogens with two attached hydrogens (primary N) is 1. The van der Waals surface area contributed by atoms with Crippen LogP contribution in [0.25, 0.3) is 0 Å². The lowest BCUT2D eigenvalue weighted by Crippen LogP contribution is -2.41. The Morgan fingerprint density at radius 1 is 1.39 bits per heavy atom. The Morgan fingerprint density at radius 3 is 2.44 bits per heavy atom. The van der Waals surface area contributed by atoms with Crippen LogP contribution in [-0.2, 0) is 10.0 Å². The number of piperidine rings is 1. The van der Waals surface area contributed by atoms with Crippen molar-refractivity contribution in [1.82, 2.24) is 4.31 Å². The fourth-order valence-corrected chi connectivity index (χ4v) is 3.67. The highest BCUT2D eigenvalue weighted by atomic mass is 32.2. The van der Waals surface area contributed by atoms with Crippen molar-refractivity contribution in [3.8, 4) is 0 Å². The molecule has 0 aromatic rings. The summed E-state index contributed by atoms with van der Waals surface area (Å²) in [6.07, 6.45) is 4.43. The van der Waals surface area contributed by atoms with E-state index in [2.05, 4.69) is 20.8 Å². The Kier molecular flexibility index (Phi) is 5.21. The van der Waals surface area contributed by atoms with E-state index in [1.165, 1.54) is 6.26 Å². The molecule has 0 aromatic heterocycles. The normalized spacial score (nSPS) is 25.1. The SMILES string of the molecule is CC(C)(C)C(CN)CC1CCCN(S(C)(=O)=O)C1. The van der Waals surface area contributed by atoms with Gasteiger partial charge in [0.25, 0.3) is 0 Å². The van der Waals surface area contributed by atoms with Crippen molar-refractivity contribution in [2.45, 2.75) is 40.0 Å². The molecule has 0 amide bonds. The minimum Gasteiger partial charge on any atom is -0.330 e. The van der Waals surface area contributed by atoms with Crippen LogP contribution >= 0.6 is 0 Å². The van der Waals surface area contributed by atoms with Gasteiger partial charge in [-0.3, -0.25) is 0 Å². The highest BCUT2D eigenvalue weighted by molar-refractivity contribution is 7.88. The summed E-state index contributed by atoms with van der Waals surface area (Å²) in [5.41, 5.74) is 6.06. The molecule has 108 valence electrons. The highest BCUT2D eigenvalue weighted by Gasteiger charge is 2.31. The first-order chi connectivity index (χ1) is 8.14. The first-order valence-electron chi connectivity index (χ1n) is 6.79. The summed E-state index contributed by atoms with van der Waals surface area (Å²) in [6.45, 7) is 8.66. The van der Waals surface area contributed by atoms with Crippen molar-refractivity contribution in [2.75, 3.05) is 25.9 Å². The molecule has 1 heterocycles. The summed E-state index contributed by atoms with van der Waals surface area (Å²) < 4.78 is 24.8. The van der Waals surface area contributed by atoms with E-state index in [1.807, 2.05) is 0 Å². The topological polar surface area (TPSA) is 63.4 Å². The van der Waals surface area contributed by atoms with Crippen molar-refractivity contribution < 1.29 is 8.42 Å². The second-order valence-electron chi connectivity index (χ2n) is 6.66. The fraction of sp³-hybridized carbons (Fsp3) is 1.00. The van der Waals surface area contributed by atoms with Crippen LogP contribution in [0.1, 0.15) is 40.0 Å². The van der Waals surface area contributed by atoms with E-state index in [1.54, 1.807) is 4.31 Å². The molecule has 18 heavy (non-hydrogen) atoms. The lowest BCUT2D eigenvalue weighted by Gasteiger charge is -2.37. The van der Waals surface area contributed by atoms with Crippen LogP contribution in [0, 0.1) is 17.3 Å². The lowest BCUT2D eigenvalue weighted by molar-refractivity contribution is 0.164. The Bertz CT molecular complexity index is 360. The maximum atomic E-state index is 11.6. The summed E-state index contributed by atoms with van der Waals surface area (Å²) in [7, 11) is -3.03. The molecule has 1 rings (SSSR count). The molecule has 0 saturated carbocycles. The second-order valence-corrected chi connectivity index (χ2v) is 8.65. The molecule has 1 aliphatic rings. The highest BCUT2D eigenvalue weighted by Crippen LogP contribution is 2.33. The summed E-state index contributed by atoms with van der Waals surface area (Å²) in [4.78, 5) is 0. The minimum absolute atomic E-state index is 0.197. The number of hydrogen-bond donors (Lipinski definition) is 1. The van der Waals surface area contributed by atoms with Crippen molar-refractivity contribution in [3.05, 3.63) is 0 Å². The van der Waals surface area contributed by atoms with Gasteiger partial charge in [0.2, 0.25) is 10.0 Å². The third-order valence-corrected chi connectivity index (χ3v) is 5.35. The van der Waals surface area contributed by atoms with Crippen molar-refractivity contribution >= 4 is 10.0 Å². The monoisotopic (exact) mass is 276 g/mol. The quantitative estimate of drug-likeness (QED) is 0.849. The number of rotatable bonds is 4. The molecule has 1 saturated heterocycles. The largest absolute Gasteiger partial charge is 0.330 e. The molecule has 1 aliphatic heterocycles. The molecule has 5 heteroatoms. The van der Waals surface area contributed by atoms with Crippen LogP contribution in [0.3, 0.4) is 0 Å². The van der Waals surface area contributed by atoms with Gasteiger partial charge in [-0.2, -0.15) is 0 Å². The van der Waals surface area contributed by atoms with Crippen LogP contribution in [0.15, 0.2) is 0 Å². The van der Waals surface area contributed by atoms with Gasteiger partial charge in [0, 0.05) is 13.1 Å². The first kappa shape index (κ1) is 15.9. The van der Waals surface area contributed by atoms with Gasteiger partial charge in [-0.05, 0) is 43.1 Å². The van der Waals surface area contributed by atoms with Gasteiger partial charge in [0.15, 0.2) is 0 Å². The number of sulfonamides is 1. The van der Waals surface area contributed by atoms with E-state index < -0.39 is 10.0 Å². The van der Waals surface area contributed by atoms with Gasteiger partial charge in [-0.25, -0.2) is 12.7 Å². The van der Waals surface area contributed by atoms with E-state index >= 15 is 0 Å². The Hall–Kier alpha value is -0.130. The zero-order valence-electron chi connectivity index (χ0n) is 12.1. The minimum atomic E-state index is -3.03. The van der Waals surface area contributed by atoms with Crippen LogP contribution in [0.4, 0.5) is 0 Å². The Morgan fingerprint density at radius 2 is 2.00 bits per heavy atom. The molecule has 0 radical (unpaired) electrons. The molecule has 2 atom stereocenters.